The highest BCUT2D eigenvalue weighted by Crippen LogP contribution is 2.39. The van der Waals surface area contributed by atoms with E-state index >= 15 is 0 Å². The predicted octanol–water partition coefficient (Wildman–Crippen LogP) is 1.72. The molecule has 0 amide bonds. The summed E-state index contributed by atoms with van der Waals surface area (Å²) in [5.74, 6) is 3.06. The van der Waals surface area contributed by atoms with Crippen molar-refractivity contribution in [3.05, 3.63) is 0 Å². The molecule has 2 saturated carbocycles. The largest absolute Gasteiger partial charge is 0.312 e. The van der Waals surface area contributed by atoms with Gasteiger partial charge < -0.3 is 10.2 Å². The van der Waals surface area contributed by atoms with E-state index in [4.69, 9.17) is 0 Å². The molecule has 1 aliphatic heterocycles. The molecule has 2 aliphatic carbocycles. The van der Waals surface area contributed by atoms with E-state index in [-0.39, 0.29) is 0 Å². The van der Waals surface area contributed by atoms with Gasteiger partial charge in [-0.05, 0) is 56.5 Å². The Morgan fingerprint density at radius 2 is 2.13 bits per heavy atom. The molecule has 2 heteroatoms. The zero-order chi connectivity index (χ0) is 10.3. The van der Waals surface area contributed by atoms with Gasteiger partial charge in [-0.3, -0.25) is 0 Å². The lowest BCUT2D eigenvalue weighted by atomic mass is 10.1. The van der Waals surface area contributed by atoms with Gasteiger partial charge in [0.15, 0.2) is 0 Å². The lowest BCUT2D eigenvalue weighted by molar-refractivity contribution is 0.245. The van der Waals surface area contributed by atoms with Crippen LogP contribution in [0, 0.1) is 17.8 Å². The van der Waals surface area contributed by atoms with Crippen molar-refractivity contribution in [2.45, 2.75) is 38.6 Å². The third kappa shape index (κ3) is 2.54. The van der Waals surface area contributed by atoms with Crippen molar-refractivity contribution in [2.75, 3.05) is 26.2 Å². The molecule has 3 fully saturated rings. The number of hydrogen-bond donors (Lipinski definition) is 1. The van der Waals surface area contributed by atoms with Crippen LogP contribution >= 0.6 is 0 Å². The molecule has 15 heavy (non-hydrogen) atoms. The van der Waals surface area contributed by atoms with Crippen LogP contribution in [-0.4, -0.2) is 37.1 Å². The van der Waals surface area contributed by atoms with E-state index in [2.05, 4.69) is 17.1 Å². The third-order valence-electron chi connectivity index (χ3n) is 4.47. The van der Waals surface area contributed by atoms with Crippen LogP contribution in [-0.2, 0) is 0 Å². The Hall–Kier alpha value is -0.0800. The van der Waals surface area contributed by atoms with Crippen molar-refractivity contribution < 1.29 is 0 Å². The Kier molecular flexibility index (Phi) is 2.73. The van der Waals surface area contributed by atoms with Gasteiger partial charge in [0.05, 0.1) is 0 Å². The van der Waals surface area contributed by atoms with Crippen LogP contribution < -0.4 is 5.32 Å². The van der Waals surface area contributed by atoms with Crippen LogP contribution in [0.1, 0.15) is 32.6 Å². The summed E-state index contributed by atoms with van der Waals surface area (Å²) in [6.07, 6.45) is 5.79. The second-order valence-electron chi connectivity index (χ2n) is 5.98. The molecule has 0 aromatic rings. The molecule has 0 bridgehead atoms. The van der Waals surface area contributed by atoms with Gasteiger partial charge in [-0.2, -0.15) is 0 Å². The Morgan fingerprint density at radius 3 is 2.80 bits per heavy atom. The summed E-state index contributed by atoms with van der Waals surface area (Å²) < 4.78 is 0. The van der Waals surface area contributed by atoms with Crippen molar-refractivity contribution in [1.29, 1.82) is 0 Å². The summed E-state index contributed by atoms with van der Waals surface area (Å²) >= 11 is 0. The fraction of sp³-hybridized carbons (Fsp3) is 1.00. The number of nitrogens with zero attached hydrogens (tertiary/aromatic N) is 1. The minimum atomic E-state index is 0.821. The maximum Gasteiger partial charge on any atom is 0.0223 e. The molecule has 3 aliphatic rings. The first-order valence-corrected chi connectivity index (χ1v) is 6.78. The number of hydrogen-bond acceptors (Lipinski definition) is 2. The van der Waals surface area contributed by atoms with Crippen LogP contribution in [0.3, 0.4) is 0 Å². The van der Waals surface area contributed by atoms with Crippen LogP contribution in [0.2, 0.25) is 0 Å². The molecule has 0 aromatic heterocycles. The van der Waals surface area contributed by atoms with Gasteiger partial charge in [-0.15, -0.1) is 0 Å². The average molecular weight is 208 g/mol. The minimum absolute atomic E-state index is 0.821. The quantitative estimate of drug-likeness (QED) is 0.759. The summed E-state index contributed by atoms with van der Waals surface area (Å²) in [6, 6.07) is 0.821. The molecule has 3 atom stereocenters. The summed E-state index contributed by atoms with van der Waals surface area (Å²) in [4.78, 5) is 2.73. The van der Waals surface area contributed by atoms with E-state index in [9.17, 15) is 0 Å². The van der Waals surface area contributed by atoms with Crippen LogP contribution in [0.25, 0.3) is 0 Å². The molecule has 3 rings (SSSR count). The van der Waals surface area contributed by atoms with Crippen molar-refractivity contribution in [3.8, 4) is 0 Å². The van der Waals surface area contributed by atoms with Crippen molar-refractivity contribution in [2.24, 2.45) is 17.8 Å². The Bertz CT molecular complexity index is 225. The van der Waals surface area contributed by atoms with Crippen molar-refractivity contribution in [1.82, 2.24) is 10.2 Å². The highest BCUT2D eigenvalue weighted by molar-refractivity contribution is 4.92. The summed E-state index contributed by atoms with van der Waals surface area (Å²) in [5.41, 5.74) is 0. The standard InChI is InChI=1S/C13H24N2/c1-10-7-12(10)8-15-6-2-5-14-13(9-15)11-3-4-11/h10-14H,2-9H2,1H3. The van der Waals surface area contributed by atoms with Gasteiger partial charge in [0.1, 0.15) is 0 Å². The molecule has 3 unspecified atom stereocenters. The fourth-order valence-electron chi connectivity index (χ4n) is 2.99. The maximum atomic E-state index is 3.74. The fourth-order valence-corrected chi connectivity index (χ4v) is 2.99. The first-order chi connectivity index (χ1) is 7.33. The van der Waals surface area contributed by atoms with Gasteiger partial charge in [-0.1, -0.05) is 6.92 Å². The molecule has 1 N–H and O–H groups in total. The van der Waals surface area contributed by atoms with Gasteiger partial charge in [-0.25, -0.2) is 0 Å². The van der Waals surface area contributed by atoms with E-state index in [1.54, 1.807) is 0 Å². The number of rotatable bonds is 3. The van der Waals surface area contributed by atoms with Crippen LogP contribution in [0.5, 0.6) is 0 Å². The SMILES string of the molecule is CC1CC1CN1CCCNC(C2CC2)C1. The highest BCUT2D eigenvalue weighted by Gasteiger charge is 2.37. The average Bonchev–Trinajstić information content (AvgIpc) is 3.05. The van der Waals surface area contributed by atoms with Crippen LogP contribution in [0.15, 0.2) is 0 Å². The lowest BCUT2D eigenvalue weighted by Crippen LogP contribution is -2.40. The van der Waals surface area contributed by atoms with E-state index in [1.165, 1.54) is 51.9 Å². The second-order valence-corrected chi connectivity index (χ2v) is 5.98. The number of nitrogens with one attached hydrogen (secondary N) is 1. The van der Waals surface area contributed by atoms with Gasteiger partial charge in [0.2, 0.25) is 0 Å². The minimum Gasteiger partial charge on any atom is -0.312 e. The zero-order valence-electron chi connectivity index (χ0n) is 9.91. The highest BCUT2D eigenvalue weighted by atomic mass is 15.2. The van der Waals surface area contributed by atoms with Gasteiger partial charge in [0, 0.05) is 19.1 Å². The molecule has 1 saturated heterocycles. The predicted molar refractivity (Wildman–Crippen MR) is 62.8 cm³/mol. The monoisotopic (exact) mass is 208 g/mol. The van der Waals surface area contributed by atoms with E-state index in [0.29, 0.717) is 0 Å². The zero-order valence-corrected chi connectivity index (χ0v) is 9.91. The lowest BCUT2D eigenvalue weighted by Gasteiger charge is -2.24. The van der Waals surface area contributed by atoms with E-state index in [0.717, 1.165) is 23.8 Å². The molecule has 2 nitrogen and oxygen atoms in total. The van der Waals surface area contributed by atoms with Gasteiger partial charge >= 0.3 is 0 Å². The second kappa shape index (κ2) is 4.06. The molecular formula is C13H24N2. The van der Waals surface area contributed by atoms with Crippen LogP contribution in [0.4, 0.5) is 0 Å². The summed E-state index contributed by atoms with van der Waals surface area (Å²) in [6.45, 7) is 7.69. The third-order valence-corrected chi connectivity index (χ3v) is 4.47. The Morgan fingerprint density at radius 1 is 1.33 bits per heavy atom. The van der Waals surface area contributed by atoms with Gasteiger partial charge in [0.25, 0.3) is 0 Å². The van der Waals surface area contributed by atoms with Crippen molar-refractivity contribution >= 4 is 0 Å². The first-order valence-electron chi connectivity index (χ1n) is 6.78. The summed E-state index contributed by atoms with van der Waals surface area (Å²) in [7, 11) is 0. The Labute approximate surface area is 93.4 Å². The normalized spacial score (nSPS) is 42.6. The topological polar surface area (TPSA) is 15.3 Å². The van der Waals surface area contributed by atoms with E-state index < -0.39 is 0 Å². The molecule has 0 aromatic carbocycles. The molecule has 1 heterocycles. The molecule has 86 valence electrons. The van der Waals surface area contributed by atoms with Crippen molar-refractivity contribution in [3.63, 3.8) is 0 Å². The molecular weight excluding hydrogens is 184 g/mol. The molecule has 0 spiro atoms. The summed E-state index contributed by atoms with van der Waals surface area (Å²) in [5, 5.41) is 3.74. The Balaban J connectivity index is 1.52. The van der Waals surface area contributed by atoms with E-state index in [1.807, 2.05) is 0 Å². The maximum absolute atomic E-state index is 3.74. The smallest absolute Gasteiger partial charge is 0.0223 e. The molecule has 0 radical (unpaired) electrons. The first kappa shape index (κ1) is 10.1.